The van der Waals surface area contributed by atoms with Crippen molar-refractivity contribution >= 4 is 17.6 Å². The highest BCUT2D eigenvalue weighted by Gasteiger charge is 2.11. The highest BCUT2D eigenvalue weighted by Crippen LogP contribution is 2.02. The van der Waals surface area contributed by atoms with E-state index >= 15 is 0 Å². The van der Waals surface area contributed by atoms with Crippen LogP contribution in [0.15, 0.2) is 18.3 Å². The van der Waals surface area contributed by atoms with Crippen molar-refractivity contribution in [1.82, 2.24) is 4.98 Å². The van der Waals surface area contributed by atoms with E-state index in [4.69, 9.17) is 15.2 Å². The van der Waals surface area contributed by atoms with Gasteiger partial charge in [0, 0.05) is 0 Å². The molecule has 1 aromatic heterocycles. The van der Waals surface area contributed by atoms with Crippen LogP contribution < -0.4 is 5.73 Å². The molecule has 0 atom stereocenters. The summed E-state index contributed by atoms with van der Waals surface area (Å²) in [5, 5.41) is 0. The molecule has 0 aliphatic carbocycles. The number of carbonyl (C=O) groups is 2. The lowest BCUT2D eigenvalue weighted by molar-refractivity contribution is -0.147. The van der Waals surface area contributed by atoms with E-state index in [-0.39, 0.29) is 5.69 Å². The minimum atomic E-state index is -0.678. The quantitative estimate of drug-likeness (QED) is 0.603. The van der Waals surface area contributed by atoms with Crippen molar-refractivity contribution in [1.29, 1.82) is 0 Å². The maximum atomic E-state index is 11.5. The summed E-state index contributed by atoms with van der Waals surface area (Å²) >= 11 is 0. The Morgan fingerprint density at radius 1 is 1.33 bits per heavy atom. The first kappa shape index (κ1) is 14.0. The van der Waals surface area contributed by atoms with Crippen molar-refractivity contribution in [3.8, 4) is 0 Å². The molecule has 1 aromatic rings. The summed E-state index contributed by atoms with van der Waals surface area (Å²) in [6.07, 6.45) is 3.07. The van der Waals surface area contributed by atoms with Gasteiger partial charge >= 0.3 is 11.9 Å². The first-order valence-corrected chi connectivity index (χ1v) is 5.67. The largest absolute Gasteiger partial charge is 0.463 e. The molecule has 0 spiro atoms. The summed E-state index contributed by atoms with van der Waals surface area (Å²) in [6.45, 7) is 1.92. The molecule has 0 aromatic carbocycles. The zero-order valence-electron chi connectivity index (χ0n) is 10.2. The first-order valence-electron chi connectivity index (χ1n) is 5.67. The van der Waals surface area contributed by atoms with Gasteiger partial charge in [-0.2, -0.15) is 0 Å². The Bertz CT molecular complexity index is 403. The average molecular weight is 252 g/mol. The third kappa shape index (κ3) is 4.82. The van der Waals surface area contributed by atoms with Crippen molar-refractivity contribution in [3.05, 3.63) is 24.0 Å². The zero-order chi connectivity index (χ0) is 13.4. The van der Waals surface area contributed by atoms with Crippen LogP contribution in [0.3, 0.4) is 0 Å². The molecule has 0 saturated carbocycles. The number of anilines is 1. The normalized spacial score (nSPS) is 9.83. The molecule has 6 heteroatoms. The van der Waals surface area contributed by atoms with Gasteiger partial charge in [-0.1, -0.05) is 13.3 Å². The highest BCUT2D eigenvalue weighted by molar-refractivity contribution is 5.88. The van der Waals surface area contributed by atoms with Crippen LogP contribution in [-0.4, -0.2) is 30.1 Å². The van der Waals surface area contributed by atoms with E-state index in [1.807, 2.05) is 6.92 Å². The Labute approximate surface area is 105 Å². The standard InChI is InChI=1S/C12H16N2O4/c1-2-3-6-17-11(15)8-18-12(16)10-5-4-9(13)7-14-10/h4-5,7H,2-3,6,8,13H2,1H3. The van der Waals surface area contributed by atoms with Crippen molar-refractivity contribution in [2.45, 2.75) is 19.8 Å². The Balaban J connectivity index is 2.32. The number of aromatic nitrogens is 1. The maximum absolute atomic E-state index is 11.5. The minimum Gasteiger partial charge on any atom is -0.463 e. The lowest BCUT2D eigenvalue weighted by Crippen LogP contribution is -2.17. The van der Waals surface area contributed by atoms with Gasteiger partial charge in [0.15, 0.2) is 6.61 Å². The van der Waals surface area contributed by atoms with Crippen molar-refractivity contribution in [3.63, 3.8) is 0 Å². The van der Waals surface area contributed by atoms with E-state index in [1.165, 1.54) is 18.3 Å². The Morgan fingerprint density at radius 3 is 2.72 bits per heavy atom. The van der Waals surface area contributed by atoms with Crippen LogP contribution in [0.2, 0.25) is 0 Å². The van der Waals surface area contributed by atoms with Crippen LogP contribution in [0.4, 0.5) is 5.69 Å². The smallest absolute Gasteiger partial charge is 0.357 e. The first-order chi connectivity index (χ1) is 8.63. The summed E-state index contributed by atoms with van der Waals surface area (Å²) in [5.74, 6) is -1.24. The van der Waals surface area contributed by atoms with Crippen LogP contribution >= 0.6 is 0 Å². The number of carbonyl (C=O) groups excluding carboxylic acids is 2. The van der Waals surface area contributed by atoms with E-state index in [2.05, 4.69) is 4.98 Å². The number of unbranched alkanes of at least 4 members (excludes halogenated alkanes) is 1. The van der Waals surface area contributed by atoms with Gasteiger partial charge in [-0.3, -0.25) is 0 Å². The number of hydrogen-bond acceptors (Lipinski definition) is 6. The molecule has 1 rings (SSSR count). The molecule has 0 saturated heterocycles. The molecule has 98 valence electrons. The number of rotatable bonds is 6. The lowest BCUT2D eigenvalue weighted by Gasteiger charge is -2.05. The number of hydrogen-bond donors (Lipinski definition) is 1. The van der Waals surface area contributed by atoms with Crippen LogP contribution in [0.5, 0.6) is 0 Å². The fraction of sp³-hybridized carbons (Fsp3) is 0.417. The van der Waals surface area contributed by atoms with Gasteiger partial charge in [-0.05, 0) is 18.6 Å². The predicted octanol–water partition coefficient (Wildman–Crippen LogP) is 1.16. The van der Waals surface area contributed by atoms with Gasteiger partial charge in [0.1, 0.15) is 5.69 Å². The van der Waals surface area contributed by atoms with Crippen LogP contribution in [0, 0.1) is 0 Å². The third-order valence-electron chi connectivity index (χ3n) is 2.08. The molecule has 6 nitrogen and oxygen atoms in total. The van der Waals surface area contributed by atoms with E-state index in [0.717, 1.165) is 12.8 Å². The van der Waals surface area contributed by atoms with Gasteiger partial charge in [-0.15, -0.1) is 0 Å². The molecule has 1 heterocycles. The van der Waals surface area contributed by atoms with E-state index in [9.17, 15) is 9.59 Å². The number of ether oxygens (including phenoxy) is 2. The molecular formula is C12H16N2O4. The van der Waals surface area contributed by atoms with Crippen molar-refractivity contribution < 1.29 is 19.1 Å². The van der Waals surface area contributed by atoms with Crippen LogP contribution in [-0.2, 0) is 14.3 Å². The summed E-state index contributed by atoms with van der Waals surface area (Å²) < 4.78 is 9.57. The number of nitrogen functional groups attached to an aromatic ring is 1. The fourth-order valence-corrected chi connectivity index (χ4v) is 1.10. The molecule has 0 bridgehead atoms. The van der Waals surface area contributed by atoms with E-state index in [0.29, 0.717) is 12.3 Å². The SMILES string of the molecule is CCCCOC(=O)COC(=O)c1ccc(N)cn1. The summed E-state index contributed by atoms with van der Waals surface area (Å²) in [6, 6.07) is 2.96. The molecule has 0 aliphatic heterocycles. The topological polar surface area (TPSA) is 91.5 Å². The Kier molecular flexibility index (Phi) is 5.63. The van der Waals surface area contributed by atoms with E-state index in [1.54, 1.807) is 0 Å². The number of nitrogens with two attached hydrogens (primary N) is 1. The predicted molar refractivity (Wildman–Crippen MR) is 64.8 cm³/mol. The molecule has 0 unspecified atom stereocenters. The molecule has 0 radical (unpaired) electrons. The summed E-state index contributed by atoms with van der Waals surface area (Å²) in [4.78, 5) is 26.4. The second kappa shape index (κ2) is 7.26. The monoisotopic (exact) mass is 252 g/mol. The van der Waals surface area contributed by atoms with Gasteiger partial charge in [0.2, 0.25) is 0 Å². The molecule has 18 heavy (non-hydrogen) atoms. The summed E-state index contributed by atoms with van der Waals surface area (Å²) in [7, 11) is 0. The summed E-state index contributed by atoms with van der Waals surface area (Å²) in [5.41, 5.74) is 5.98. The Hall–Kier alpha value is -2.11. The zero-order valence-corrected chi connectivity index (χ0v) is 10.2. The van der Waals surface area contributed by atoms with Gasteiger partial charge in [-0.25, -0.2) is 14.6 Å². The second-order valence-corrected chi connectivity index (χ2v) is 3.63. The molecular weight excluding hydrogens is 236 g/mol. The van der Waals surface area contributed by atoms with Crippen LogP contribution in [0.1, 0.15) is 30.3 Å². The van der Waals surface area contributed by atoms with Crippen molar-refractivity contribution in [2.24, 2.45) is 0 Å². The van der Waals surface area contributed by atoms with Crippen molar-refractivity contribution in [2.75, 3.05) is 18.9 Å². The third-order valence-corrected chi connectivity index (χ3v) is 2.08. The minimum absolute atomic E-state index is 0.102. The molecule has 0 fully saturated rings. The van der Waals surface area contributed by atoms with E-state index < -0.39 is 18.5 Å². The molecule has 0 aliphatic rings. The van der Waals surface area contributed by atoms with Gasteiger partial charge in [0.25, 0.3) is 0 Å². The second-order valence-electron chi connectivity index (χ2n) is 3.63. The number of pyridine rings is 1. The van der Waals surface area contributed by atoms with Crippen LogP contribution in [0.25, 0.3) is 0 Å². The highest BCUT2D eigenvalue weighted by atomic mass is 16.6. The average Bonchev–Trinajstić information content (AvgIpc) is 2.37. The number of esters is 2. The fourth-order valence-electron chi connectivity index (χ4n) is 1.10. The van der Waals surface area contributed by atoms with Gasteiger partial charge in [0.05, 0.1) is 18.5 Å². The lowest BCUT2D eigenvalue weighted by atomic mass is 10.3. The molecule has 2 N–H and O–H groups in total. The Morgan fingerprint density at radius 2 is 2.11 bits per heavy atom. The maximum Gasteiger partial charge on any atom is 0.357 e. The molecule has 0 amide bonds. The van der Waals surface area contributed by atoms with Gasteiger partial charge < -0.3 is 15.2 Å². The number of nitrogens with zero attached hydrogens (tertiary/aromatic N) is 1.